The molecule has 1 heterocycles. The van der Waals surface area contributed by atoms with Crippen LogP contribution in [0.1, 0.15) is 15.9 Å². The fourth-order valence-corrected chi connectivity index (χ4v) is 4.63. The Morgan fingerprint density at radius 2 is 1.88 bits per heavy atom. The lowest BCUT2D eigenvalue weighted by atomic mass is 10.1. The number of aromatic amines is 1. The second kappa shape index (κ2) is 9.46. The average Bonchev–Trinajstić information content (AvgIpc) is 3.15. The van der Waals surface area contributed by atoms with Crippen LogP contribution in [-0.2, 0) is 0 Å². The Kier molecular flexibility index (Phi) is 6.48. The number of carbonyl (C=O) groups excluding carboxylic acids is 1. The van der Waals surface area contributed by atoms with Gasteiger partial charge in [0.05, 0.1) is 10.6 Å². The Morgan fingerprint density at radius 3 is 2.62 bits per heavy atom. The highest BCUT2D eigenvalue weighted by Gasteiger charge is 2.16. The Bertz CT molecular complexity index is 1300. The van der Waals surface area contributed by atoms with E-state index in [2.05, 4.69) is 16.4 Å². The van der Waals surface area contributed by atoms with Gasteiger partial charge in [0.2, 0.25) is 0 Å². The van der Waals surface area contributed by atoms with Crippen LogP contribution >= 0.6 is 23.4 Å². The number of amides is 1. The first kappa shape index (κ1) is 21.9. The largest absolute Gasteiger partial charge is 0.354 e. The van der Waals surface area contributed by atoms with Crippen molar-refractivity contribution in [1.29, 1.82) is 0 Å². The maximum Gasteiger partial charge on any atom is 0.273 e. The van der Waals surface area contributed by atoms with E-state index in [0.29, 0.717) is 22.9 Å². The second-order valence-corrected chi connectivity index (χ2v) is 8.79. The van der Waals surface area contributed by atoms with Crippen LogP contribution in [0.3, 0.4) is 0 Å². The van der Waals surface area contributed by atoms with Crippen LogP contribution in [0.4, 0.5) is 5.69 Å². The number of halogens is 1. The minimum Gasteiger partial charge on any atom is -0.354 e. The van der Waals surface area contributed by atoms with Crippen LogP contribution in [0, 0.1) is 17.0 Å². The van der Waals surface area contributed by atoms with Gasteiger partial charge in [-0.2, -0.15) is 0 Å². The van der Waals surface area contributed by atoms with E-state index in [1.165, 1.54) is 6.07 Å². The molecular weight excluding hydrogens is 446 g/mol. The molecule has 0 aliphatic carbocycles. The molecule has 0 unspecified atom stereocenters. The molecule has 0 saturated carbocycles. The topological polar surface area (TPSA) is 88.0 Å². The second-order valence-electron chi connectivity index (χ2n) is 7.24. The fourth-order valence-electron chi connectivity index (χ4n) is 3.45. The molecule has 0 atom stereocenters. The standard InChI is InChI=1S/C24H20ClN3O3S/c1-15-6-7-17(14-21(15)28(30)31)24(29)26-12-13-32-23-19-4-2-3-5-20(19)27-22(23)16-8-10-18(25)11-9-16/h2-11,14,27H,12-13H2,1H3,(H,26,29). The summed E-state index contributed by atoms with van der Waals surface area (Å²) in [6, 6.07) is 20.3. The highest BCUT2D eigenvalue weighted by atomic mass is 35.5. The van der Waals surface area contributed by atoms with Gasteiger partial charge < -0.3 is 10.3 Å². The predicted molar refractivity (Wildman–Crippen MR) is 130 cm³/mol. The fraction of sp³-hybridized carbons (Fsp3) is 0.125. The summed E-state index contributed by atoms with van der Waals surface area (Å²) in [5.74, 6) is 0.313. The highest BCUT2D eigenvalue weighted by molar-refractivity contribution is 7.99. The number of nitro benzene ring substituents is 1. The van der Waals surface area contributed by atoms with Gasteiger partial charge in [-0.25, -0.2) is 0 Å². The van der Waals surface area contributed by atoms with Crippen molar-refractivity contribution in [3.8, 4) is 11.3 Å². The average molecular weight is 466 g/mol. The number of rotatable bonds is 7. The summed E-state index contributed by atoms with van der Waals surface area (Å²) in [4.78, 5) is 27.7. The van der Waals surface area contributed by atoms with E-state index in [0.717, 1.165) is 27.1 Å². The first-order valence-electron chi connectivity index (χ1n) is 9.96. The molecule has 0 fully saturated rings. The molecular formula is C24H20ClN3O3S. The number of carbonyl (C=O) groups is 1. The van der Waals surface area contributed by atoms with E-state index in [-0.39, 0.29) is 17.2 Å². The maximum atomic E-state index is 12.5. The molecule has 8 heteroatoms. The minimum atomic E-state index is -0.475. The number of hydrogen-bond donors (Lipinski definition) is 2. The van der Waals surface area contributed by atoms with E-state index in [4.69, 9.17) is 11.6 Å². The van der Waals surface area contributed by atoms with Crippen molar-refractivity contribution >= 4 is 45.9 Å². The molecule has 0 aliphatic heterocycles. The van der Waals surface area contributed by atoms with Crippen LogP contribution in [0.15, 0.2) is 71.6 Å². The number of para-hydroxylation sites is 1. The van der Waals surface area contributed by atoms with E-state index < -0.39 is 4.92 Å². The molecule has 0 saturated heterocycles. The number of nitro groups is 1. The SMILES string of the molecule is Cc1ccc(C(=O)NCCSc2c(-c3ccc(Cl)cc3)[nH]c3ccccc23)cc1[N+](=O)[O-]. The summed E-state index contributed by atoms with van der Waals surface area (Å²) in [6.07, 6.45) is 0. The van der Waals surface area contributed by atoms with Crippen molar-refractivity contribution < 1.29 is 9.72 Å². The van der Waals surface area contributed by atoms with Gasteiger partial charge in [-0.3, -0.25) is 14.9 Å². The molecule has 6 nitrogen and oxygen atoms in total. The monoisotopic (exact) mass is 465 g/mol. The third-order valence-electron chi connectivity index (χ3n) is 5.09. The summed E-state index contributed by atoms with van der Waals surface area (Å²) in [7, 11) is 0. The number of nitrogens with zero attached hydrogens (tertiary/aromatic N) is 1. The van der Waals surface area contributed by atoms with Gasteiger partial charge in [0.1, 0.15) is 0 Å². The molecule has 2 N–H and O–H groups in total. The Morgan fingerprint density at radius 1 is 1.12 bits per heavy atom. The number of aromatic nitrogens is 1. The Balaban J connectivity index is 1.47. The lowest BCUT2D eigenvalue weighted by Crippen LogP contribution is -2.25. The summed E-state index contributed by atoms with van der Waals surface area (Å²) >= 11 is 7.69. The number of hydrogen-bond acceptors (Lipinski definition) is 4. The Labute approximate surface area is 194 Å². The summed E-state index contributed by atoms with van der Waals surface area (Å²) in [6.45, 7) is 2.07. The molecule has 0 bridgehead atoms. The third-order valence-corrected chi connectivity index (χ3v) is 6.47. The molecule has 0 spiro atoms. The molecule has 162 valence electrons. The van der Waals surface area contributed by atoms with Crippen molar-refractivity contribution in [3.05, 3.63) is 93.0 Å². The molecule has 0 aliphatic rings. The summed E-state index contributed by atoms with van der Waals surface area (Å²) in [5.41, 5.74) is 3.82. The lowest BCUT2D eigenvalue weighted by Gasteiger charge is -2.08. The lowest BCUT2D eigenvalue weighted by molar-refractivity contribution is -0.385. The zero-order valence-electron chi connectivity index (χ0n) is 17.2. The third kappa shape index (κ3) is 4.64. The molecule has 4 rings (SSSR count). The van der Waals surface area contributed by atoms with Crippen LogP contribution in [-0.4, -0.2) is 28.1 Å². The van der Waals surface area contributed by atoms with Gasteiger partial charge in [-0.15, -0.1) is 11.8 Å². The van der Waals surface area contributed by atoms with E-state index >= 15 is 0 Å². The number of nitrogens with one attached hydrogen (secondary N) is 2. The normalized spacial score (nSPS) is 10.9. The van der Waals surface area contributed by atoms with Gasteiger partial charge in [-0.05, 0) is 36.8 Å². The van der Waals surface area contributed by atoms with Crippen molar-refractivity contribution in [2.75, 3.05) is 12.3 Å². The summed E-state index contributed by atoms with van der Waals surface area (Å²) < 4.78 is 0. The molecule has 4 aromatic rings. The smallest absolute Gasteiger partial charge is 0.273 e. The number of aryl methyl sites for hydroxylation is 1. The van der Waals surface area contributed by atoms with Gasteiger partial charge in [0.15, 0.2) is 0 Å². The maximum absolute atomic E-state index is 12.5. The van der Waals surface area contributed by atoms with Gasteiger partial charge in [0.25, 0.3) is 11.6 Å². The van der Waals surface area contributed by atoms with Crippen LogP contribution in [0.2, 0.25) is 5.02 Å². The number of benzene rings is 3. The molecule has 3 aromatic carbocycles. The van der Waals surface area contributed by atoms with Crippen molar-refractivity contribution in [2.45, 2.75) is 11.8 Å². The minimum absolute atomic E-state index is 0.0570. The summed E-state index contributed by atoms with van der Waals surface area (Å²) in [5, 5.41) is 15.8. The van der Waals surface area contributed by atoms with Gasteiger partial charge in [-0.1, -0.05) is 48.0 Å². The van der Waals surface area contributed by atoms with E-state index in [1.54, 1.807) is 30.8 Å². The van der Waals surface area contributed by atoms with Crippen molar-refractivity contribution in [1.82, 2.24) is 10.3 Å². The molecule has 1 aromatic heterocycles. The molecule has 1 amide bonds. The Hall–Kier alpha value is -3.29. The van der Waals surface area contributed by atoms with Gasteiger partial charge >= 0.3 is 0 Å². The molecule has 32 heavy (non-hydrogen) atoms. The van der Waals surface area contributed by atoms with Crippen LogP contribution in [0.5, 0.6) is 0 Å². The van der Waals surface area contributed by atoms with Crippen LogP contribution in [0.25, 0.3) is 22.2 Å². The zero-order chi connectivity index (χ0) is 22.7. The highest BCUT2D eigenvalue weighted by Crippen LogP contribution is 2.37. The number of fused-ring (bicyclic) bond motifs is 1. The number of thioether (sulfide) groups is 1. The first-order valence-corrected chi connectivity index (χ1v) is 11.3. The first-order chi connectivity index (χ1) is 15.4. The zero-order valence-corrected chi connectivity index (χ0v) is 18.8. The predicted octanol–water partition coefficient (Wildman–Crippen LogP) is 6.23. The van der Waals surface area contributed by atoms with Crippen LogP contribution < -0.4 is 5.32 Å². The van der Waals surface area contributed by atoms with Gasteiger partial charge in [0, 0.05) is 50.3 Å². The molecule has 0 radical (unpaired) electrons. The van der Waals surface area contributed by atoms with E-state index in [9.17, 15) is 14.9 Å². The number of H-pyrrole nitrogens is 1. The quantitative estimate of drug-likeness (QED) is 0.146. The van der Waals surface area contributed by atoms with Crippen molar-refractivity contribution in [3.63, 3.8) is 0 Å². The van der Waals surface area contributed by atoms with Crippen molar-refractivity contribution in [2.24, 2.45) is 0 Å². The van der Waals surface area contributed by atoms with E-state index in [1.807, 2.05) is 42.5 Å².